The molecule has 0 unspecified atom stereocenters. The lowest BCUT2D eigenvalue weighted by atomic mass is 10.3. The molecule has 0 radical (unpaired) electrons. The molecule has 3 aromatic rings. The first kappa shape index (κ1) is 13.9. The Bertz CT molecular complexity index is 827. The van der Waals surface area contributed by atoms with E-state index in [1.807, 2.05) is 55.5 Å². The lowest BCUT2D eigenvalue weighted by Gasteiger charge is -2.10. The predicted molar refractivity (Wildman–Crippen MR) is 87.2 cm³/mol. The number of H-pyrrole nitrogens is 1. The highest BCUT2D eigenvalue weighted by Crippen LogP contribution is 2.15. The van der Waals surface area contributed by atoms with E-state index in [9.17, 15) is 4.79 Å². The Kier molecular flexibility index (Phi) is 3.91. The van der Waals surface area contributed by atoms with Crippen molar-refractivity contribution in [3.05, 3.63) is 58.9 Å². The molecule has 0 fully saturated rings. The second kappa shape index (κ2) is 6.17. The molecule has 0 spiro atoms. The Hall–Kier alpha value is -3.02. The zero-order valence-corrected chi connectivity index (χ0v) is 12.1. The van der Waals surface area contributed by atoms with Crippen LogP contribution in [0.5, 0.6) is 5.75 Å². The third kappa shape index (κ3) is 3.01. The van der Waals surface area contributed by atoms with E-state index in [0.717, 1.165) is 17.0 Å². The maximum atomic E-state index is 12.0. The summed E-state index contributed by atoms with van der Waals surface area (Å²) in [5, 5.41) is 0. The molecule has 6 nitrogen and oxygen atoms in total. The van der Waals surface area contributed by atoms with Crippen molar-refractivity contribution in [1.82, 2.24) is 9.97 Å². The highest BCUT2D eigenvalue weighted by molar-refractivity contribution is 5.75. The summed E-state index contributed by atoms with van der Waals surface area (Å²) in [4.78, 5) is 19.0. The number of hydrogen-bond acceptors (Lipinski definition) is 5. The quantitative estimate of drug-likeness (QED) is 0.631. The monoisotopic (exact) mass is 296 g/mol. The van der Waals surface area contributed by atoms with Crippen LogP contribution >= 0.6 is 0 Å². The number of anilines is 2. The van der Waals surface area contributed by atoms with Gasteiger partial charge in [-0.2, -0.15) is 0 Å². The molecule has 0 aliphatic heterocycles. The second-order valence-corrected chi connectivity index (χ2v) is 4.64. The van der Waals surface area contributed by atoms with Gasteiger partial charge in [0.1, 0.15) is 5.75 Å². The topological polar surface area (TPSA) is 79.0 Å². The van der Waals surface area contributed by atoms with Crippen molar-refractivity contribution in [1.29, 1.82) is 0 Å². The third-order valence-corrected chi connectivity index (χ3v) is 3.09. The first-order valence-electron chi connectivity index (χ1n) is 7.00. The number of para-hydroxylation sites is 2. The molecule has 112 valence electrons. The zero-order valence-electron chi connectivity index (χ0n) is 12.1. The van der Waals surface area contributed by atoms with Crippen LogP contribution in [0.3, 0.4) is 0 Å². The van der Waals surface area contributed by atoms with Crippen molar-refractivity contribution in [2.75, 3.05) is 17.5 Å². The number of nitrogens with zero attached hydrogens (tertiary/aromatic N) is 1. The van der Waals surface area contributed by atoms with E-state index in [0.29, 0.717) is 12.1 Å². The fraction of sp³-hybridized carbons (Fsp3) is 0.125. The van der Waals surface area contributed by atoms with Crippen LogP contribution < -0.4 is 21.1 Å². The number of aromatic nitrogens is 2. The number of ether oxygens (including phenoxy) is 1. The molecule has 6 heteroatoms. The van der Waals surface area contributed by atoms with Crippen LogP contribution in [-0.4, -0.2) is 16.6 Å². The number of hydrazine groups is 1. The van der Waals surface area contributed by atoms with Crippen molar-refractivity contribution in [2.24, 2.45) is 0 Å². The third-order valence-electron chi connectivity index (χ3n) is 3.09. The SMILES string of the molecule is CCOc1ccc(NNc2nc3ccccc3[nH]c2=O)cc1. The van der Waals surface area contributed by atoms with E-state index in [2.05, 4.69) is 20.8 Å². The van der Waals surface area contributed by atoms with Crippen molar-refractivity contribution < 1.29 is 4.74 Å². The van der Waals surface area contributed by atoms with Gasteiger partial charge in [0.25, 0.3) is 5.56 Å². The number of nitrogens with one attached hydrogen (secondary N) is 3. The van der Waals surface area contributed by atoms with E-state index in [4.69, 9.17) is 4.74 Å². The Morgan fingerprint density at radius 2 is 1.86 bits per heavy atom. The van der Waals surface area contributed by atoms with Gasteiger partial charge in [0.05, 0.1) is 23.3 Å². The summed E-state index contributed by atoms with van der Waals surface area (Å²) < 4.78 is 5.38. The first-order chi connectivity index (χ1) is 10.8. The van der Waals surface area contributed by atoms with Gasteiger partial charge in [-0.05, 0) is 43.3 Å². The molecule has 3 N–H and O–H groups in total. The standard InChI is InChI=1S/C16H16N4O2/c1-2-22-12-9-7-11(8-10-12)19-20-15-16(21)18-14-6-4-3-5-13(14)17-15/h3-10,19H,2H2,1H3,(H,17,20)(H,18,21). The Morgan fingerprint density at radius 1 is 1.09 bits per heavy atom. The Balaban J connectivity index is 1.75. The lowest BCUT2D eigenvalue weighted by Crippen LogP contribution is -2.20. The summed E-state index contributed by atoms with van der Waals surface area (Å²) in [6.45, 7) is 2.56. The van der Waals surface area contributed by atoms with Crippen LogP contribution in [0.2, 0.25) is 0 Å². The predicted octanol–water partition coefficient (Wildman–Crippen LogP) is 2.76. The average Bonchev–Trinajstić information content (AvgIpc) is 2.54. The molecule has 3 rings (SSSR count). The largest absolute Gasteiger partial charge is 0.494 e. The highest BCUT2D eigenvalue weighted by atomic mass is 16.5. The minimum absolute atomic E-state index is 0.215. The van der Waals surface area contributed by atoms with E-state index in [-0.39, 0.29) is 11.4 Å². The molecule has 0 aliphatic carbocycles. The normalized spacial score (nSPS) is 10.4. The van der Waals surface area contributed by atoms with Gasteiger partial charge in [-0.3, -0.25) is 15.6 Å². The molecule has 0 atom stereocenters. The summed E-state index contributed by atoms with van der Waals surface area (Å²) in [7, 11) is 0. The van der Waals surface area contributed by atoms with Gasteiger partial charge in [0.15, 0.2) is 0 Å². The fourth-order valence-corrected chi connectivity index (χ4v) is 2.05. The van der Waals surface area contributed by atoms with Crippen molar-refractivity contribution in [3.8, 4) is 5.75 Å². The van der Waals surface area contributed by atoms with E-state index in [1.54, 1.807) is 0 Å². The molecule has 1 heterocycles. The average molecular weight is 296 g/mol. The maximum Gasteiger partial charge on any atom is 0.292 e. The van der Waals surface area contributed by atoms with Crippen LogP contribution in [0.25, 0.3) is 11.0 Å². The van der Waals surface area contributed by atoms with Crippen LogP contribution in [-0.2, 0) is 0 Å². The van der Waals surface area contributed by atoms with Crippen LogP contribution in [0.1, 0.15) is 6.92 Å². The number of fused-ring (bicyclic) bond motifs is 1. The fourth-order valence-electron chi connectivity index (χ4n) is 2.05. The van der Waals surface area contributed by atoms with Gasteiger partial charge in [-0.25, -0.2) is 4.98 Å². The summed E-state index contributed by atoms with van der Waals surface area (Å²) in [6.07, 6.45) is 0. The molecule has 22 heavy (non-hydrogen) atoms. The smallest absolute Gasteiger partial charge is 0.292 e. The van der Waals surface area contributed by atoms with Gasteiger partial charge in [-0.1, -0.05) is 12.1 Å². The Labute approximate surface area is 127 Å². The molecular formula is C16H16N4O2. The van der Waals surface area contributed by atoms with E-state index >= 15 is 0 Å². The van der Waals surface area contributed by atoms with Crippen LogP contribution in [0.4, 0.5) is 11.5 Å². The summed E-state index contributed by atoms with van der Waals surface area (Å²) in [5.74, 6) is 1.02. The summed E-state index contributed by atoms with van der Waals surface area (Å²) in [5.41, 5.74) is 7.73. The van der Waals surface area contributed by atoms with Gasteiger partial charge in [0, 0.05) is 0 Å². The molecule has 0 saturated carbocycles. The van der Waals surface area contributed by atoms with Crippen LogP contribution in [0.15, 0.2) is 53.3 Å². The molecular weight excluding hydrogens is 280 g/mol. The van der Waals surface area contributed by atoms with Crippen molar-refractivity contribution >= 4 is 22.5 Å². The van der Waals surface area contributed by atoms with Gasteiger partial charge in [0.2, 0.25) is 5.82 Å². The van der Waals surface area contributed by atoms with Crippen molar-refractivity contribution in [2.45, 2.75) is 6.92 Å². The van der Waals surface area contributed by atoms with Crippen LogP contribution in [0, 0.1) is 0 Å². The second-order valence-electron chi connectivity index (χ2n) is 4.64. The molecule has 0 aliphatic rings. The Morgan fingerprint density at radius 3 is 2.64 bits per heavy atom. The number of rotatable bonds is 5. The minimum Gasteiger partial charge on any atom is -0.494 e. The number of hydrogen-bond donors (Lipinski definition) is 3. The zero-order chi connectivity index (χ0) is 15.4. The molecule has 0 saturated heterocycles. The number of aromatic amines is 1. The first-order valence-corrected chi connectivity index (χ1v) is 7.00. The maximum absolute atomic E-state index is 12.0. The molecule has 1 aromatic heterocycles. The summed E-state index contributed by atoms with van der Waals surface area (Å²) >= 11 is 0. The molecule has 2 aromatic carbocycles. The number of benzene rings is 2. The summed E-state index contributed by atoms with van der Waals surface area (Å²) in [6, 6.07) is 14.8. The highest BCUT2D eigenvalue weighted by Gasteiger charge is 2.03. The molecule has 0 amide bonds. The van der Waals surface area contributed by atoms with E-state index in [1.165, 1.54) is 0 Å². The minimum atomic E-state index is -0.280. The van der Waals surface area contributed by atoms with Gasteiger partial charge in [-0.15, -0.1) is 0 Å². The van der Waals surface area contributed by atoms with Gasteiger partial charge < -0.3 is 9.72 Å². The molecule has 0 bridgehead atoms. The van der Waals surface area contributed by atoms with E-state index < -0.39 is 0 Å². The lowest BCUT2D eigenvalue weighted by molar-refractivity contribution is 0.340. The van der Waals surface area contributed by atoms with Crippen molar-refractivity contribution in [3.63, 3.8) is 0 Å². The van der Waals surface area contributed by atoms with Gasteiger partial charge >= 0.3 is 0 Å².